The van der Waals surface area contributed by atoms with Crippen LogP contribution in [0.4, 0.5) is 5.69 Å². The number of carbonyl (C=O) groups is 1. The van der Waals surface area contributed by atoms with Gasteiger partial charge in [0, 0.05) is 25.4 Å². The van der Waals surface area contributed by atoms with Gasteiger partial charge in [0.05, 0.1) is 12.5 Å². The Kier molecular flexibility index (Phi) is 5.62. The molecule has 1 fully saturated rings. The van der Waals surface area contributed by atoms with Gasteiger partial charge in [-0.1, -0.05) is 26.0 Å². The number of nitrogen functional groups attached to an aromatic ring is 1. The zero-order valence-electron chi connectivity index (χ0n) is 13.0. The van der Waals surface area contributed by atoms with Crippen LogP contribution in [-0.4, -0.2) is 36.6 Å². The molecule has 21 heavy (non-hydrogen) atoms. The highest BCUT2D eigenvalue weighted by Gasteiger charge is 2.23. The molecule has 116 valence electrons. The molecule has 1 heterocycles. The van der Waals surface area contributed by atoms with Crippen LogP contribution in [0.1, 0.15) is 32.3 Å². The van der Waals surface area contributed by atoms with Crippen molar-refractivity contribution in [3.63, 3.8) is 0 Å². The number of carbonyl (C=O) groups excluding carboxylic acids is 1. The average Bonchev–Trinajstić information content (AvgIpc) is 2.48. The quantitative estimate of drug-likeness (QED) is 0.848. The lowest BCUT2D eigenvalue weighted by atomic mass is 10.1. The van der Waals surface area contributed by atoms with E-state index in [0.717, 1.165) is 43.8 Å². The lowest BCUT2D eigenvalue weighted by Crippen LogP contribution is -2.41. The lowest BCUT2D eigenvalue weighted by Gasteiger charge is -2.32. The van der Waals surface area contributed by atoms with Crippen molar-refractivity contribution in [3.05, 3.63) is 29.8 Å². The number of piperidine rings is 1. The number of nitrogens with zero attached hydrogens (tertiary/aromatic N) is 1. The number of ether oxygens (including phenoxy) is 1. The molecule has 4 nitrogen and oxygen atoms in total. The van der Waals surface area contributed by atoms with Crippen molar-refractivity contribution in [1.29, 1.82) is 0 Å². The molecule has 0 saturated carbocycles. The Balaban J connectivity index is 1.76. The molecule has 1 aromatic rings. The third kappa shape index (κ3) is 5.05. The van der Waals surface area contributed by atoms with E-state index < -0.39 is 0 Å². The number of rotatable bonds is 5. The van der Waals surface area contributed by atoms with Crippen molar-refractivity contribution >= 4 is 11.6 Å². The Hall–Kier alpha value is -1.55. The molecule has 0 radical (unpaired) electrons. The lowest BCUT2D eigenvalue weighted by molar-refractivity contribution is -0.133. The van der Waals surface area contributed by atoms with Gasteiger partial charge in [0.25, 0.3) is 0 Å². The van der Waals surface area contributed by atoms with E-state index in [0.29, 0.717) is 18.4 Å². The van der Waals surface area contributed by atoms with E-state index in [-0.39, 0.29) is 5.91 Å². The van der Waals surface area contributed by atoms with Gasteiger partial charge >= 0.3 is 0 Å². The second-order valence-electron chi connectivity index (χ2n) is 6.23. The first-order valence-electron chi connectivity index (χ1n) is 7.78. The molecule has 0 aromatic heterocycles. The van der Waals surface area contributed by atoms with Crippen LogP contribution in [-0.2, 0) is 16.0 Å². The number of hydrogen-bond donors (Lipinski definition) is 1. The van der Waals surface area contributed by atoms with E-state index in [1.54, 1.807) is 0 Å². The monoisotopic (exact) mass is 290 g/mol. The standard InChI is InChI=1S/C17H26N2O2/c1-13(2)12-21-16-7-9-19(10-8-16)17(20)11-14-3-5-15(18)6-4-14/h3-6,13,16H,7-12,18H2,1-2H3. The summed E-state index contributed by atoms with van der Waals surface area (Å²) in [5.74, 6) is 0.761. The zero-order chi connectivity index (χ0) is 15.2. The minimum Gasteiger partial charge on any atom is -0.399 e. The van der Waals surface area contributed by atoms with Gasteiger partial charge in [0.1, 0.15) is 0 Å². The number of hydrogen-bond acceptors (Lipinski definition) is 3. The summed E-state index contributed by atoms with van der Waals surface area (Å²) in [6, 6.07) is 7.53. The molecule has 0 spiro atoms. The van der Waals surface area contributed by atoms with Crippen LogP contribution in [0, 0.1) is 5.92 Å². The first kappa shape index (κ1) is 15.8. The second kappa shape index (κ2) is 7.46. The van der Waals surface area contributed by atoms with Gasteiger partial charge in [-0.15, -0.1) is 0 Å². The number of likely N-dealkylation sites (tertiary alicyclic amines) is 1. The number of nitrogens with two attached hydrogens (primary N) is 1. The predicted octanol–water partition coefficient (Wildman–Crippen LogP) is 2.47. The fourth-order valence-corrected chi connectivity index (χ4v) is 2.52. The molecule has 1 aliphatic rings. The molecule has 1 saturated heterocycles. The minimum atomic E-state index is 0.196. The summed E-state index contributed by atoms with van der Waals surface area (Å²) in [7, 11) is 0. The summed E-state index contributed by atoms with van der Waals surface area (Å²) in [5.41, 5.74) is 7.41. The van der Waals surface area contributed by atoms with Crippen molar-refractivity contribution in [2.75, 3.05) is 25.4 Å². The topological polar surface area (TPSA) is 55.6 Å². The summed E-state index contributed by atoms with van der Waals surface area (Å²) in [6.45, 7) is 6.73. The molecule has 1 aliphatic heterocycles. The van der Waals surface area contributed by atoms with Crippen LogP contribution in [0.15, 0.2) is 24.3 Å². The maximum absolute atomic E-state index is 12.3. The van der Waals surface area contributed by atoms with Crippen LogP contribution in [0.3, 0.4) is 0 Å². The van der Waals surface area contributed by atoms with Crippen molar-refractivity contribution in [1.82, 2.24) is 4.90 Å². The van der Waals surface area contributed by atoms with Gasteiger partial charge < -0.3 is 15.4 Å². The summed E-state index contributed by atoms with van der Waals surface area (Å²) in [5, 5.41) is 0. The summed E-state index contributed by atoms with van der Waals surface area (Å²) in [6.07, 6.45) is 2.66. The molecule has 1 amide bonds. The molecule has 0 bridgehead atoms. The molecular formula is C17H26N2O2. The highest BCUT2D eigenvalue weighted by atomic mass is 16.5. The Bertz CT molecular complexity index is 448. The molecule has 0 unspecified atom stereocenters. The van der Waals surface area contributed by atoms with E-state index in [4.69, 9.17) is 10.5 Å². The molecule has 0 aliphatic carbocycles. The molecule has 4 heteroatoms. The normalized spacial score (nSPS) is 16.4. The van der Waals surface area contributed by atoms with Crippen molar-refractivity contribution < 1.29 is 9.53 Å². The van der Waals surface area contributed by atoms with Crippen molar-refractivity contribution in [3.8, 4) is 0 Å². The number of benzene rings is 1. The fraction of sp³-hybridized carbons (Fsp3) is 0.588. The fourth-order valence-electron chi connectivity index (χ4n) is 2.52. The van der Waals surface area contributed by atoms with Crippen molar-refractivity contribution in [2.24, 2.45) is 5.92 Å². The third-order valence-corrected chi connectivity index (χ3v) is 3.80. The first-order chi connectivity index (χ1) is 10.0. The van der Waals surface area contributed by atoms with E-state index in [2.05, 4.69) is 13.8 Å². The van der Waals surface area contributed by atoms with Gasteiger partial charge in [0.2, 0.25) is 5.91 Å². The Labute approximate surface area is 127 Å². The van der Waals surface area contributed by atoms with Gasteiger partial charge in [-0.2, -0.15) is 0 Å². The van der Waals surface area contributed by atoms with Gasteiger partial charge in [0.15, 0.2) is 0 Å². The van der Waals surface area contributed by atoms with E-state index >= 15 is 0 Å². The van der Waals surface area contributed by atoms with Gasteiger partial charge in [-0.25, -0.2) is 0 Å². The second-order valence-corrected chi connectivity index (χ2v) is 6.23. The summed E-state index contributed by atoms with van der Waals surface area (Å²) >= 11 is 0. The third-order valence-electron chi connectivity index (χ3n) is 3.80. The van der Waals surface area contributed by atoms with Crippen LogP contribution in [0.2, 0.25) is 0 Å². The Morgan fingerprint density at radius 1 is 1.29 bits per heavy atom. The van der Waals surface area contributed by atoms with E-state index in [9.17, 15) is 4.79 Å². The average molecular weight is 290 g/mol. The maximum Gasteiger partial charge on any atom is 0.226 e. The van der Waals surface area contributed by atoms with E-state index in [1.807, 2.05) is 29.2 Å². The molecular weight excluding hydrogens is 264 g/mol. The Morgan fingerprint density at radius 2 is 1.90 bits per heavy atom. The molecule has 1 aromatic carbocycles. The molecule has 0 atom stereocenters. The summed E-state index contributed by atoms with van der Waals surface area (Å²) < 4.78 is 5.85. The minimum absolute atomic E-state index is 0.196. The van der Waals surface area contributed by atoms with E-state index in [1.165, 1.54) is 0 Å². The van der Waals surface area contributed by atoms with Crippen LogP contribution in [0.5, 0.6) is 0 Å². The van der Waals surface area contributed by atoms with Crippen molar-refractivity contribution in [2.45, 2.75) is 39.2 Å². The highest BCUT2D eigenvalue weighted by molar-refractivity contribution is 5.79. The molecule has 2 rings (SSSR count). The molecule has 2 N–H and O–H groups in total. The number of amides is 1. The predicted molar refractivity (Wildman–Crippen MR) is 85.0 cm³/mol. The Morgan fingerprint density at radius 3 is 2.48 bits per heavy atom. The van der Waals surface area contributed by atoms with Gasteiger partial charge in [-0.05, 0) is 36.5 Å². The maximum atomic E-state index is 12.3. The van der Waals surface area contributed by atoms with Crippen LogP contribution < -0.4 is 5.73 Å². The summed E-state index contributed by atoms with van der Waals surface area (Å²) in [4.78, 5) is 14.2. The first-order valence-corrected chi connectivity index (χ1v) is 7.78. The number of anilines is 1. The highest BCUT2D eigenvalue weighted by Crippen LogP contribution is 2.16. The van der Waals surface area contributed by atoms with Crippen LogP contribution in [0.25, 0.3) is 0 Å². The smallest absolute Gasteiger partial charge is 0.226 e. The SMILES string of the molecule is CC(C)COC1CCN(C(=O)Cc2ccc(N)cc2)CC1. The van der Waals surface area contributed by atoms with Crippen LogP contribution >= 0.6 is 0 Å². The zero-order valence-corrected chi connectivity index (χ0v) is 13.0. The van der Waals surface area contributed by atoms with Gasteiger partial charge in [-0.3, -0.25) is 4.79 Å². The largest absolute Gasteiger partial charge is 0.399 e.